The van der Waals surface area contributed by atoms with Gasteiger partial charge in [-0.25, -0.2) is 0 Å². The third-order valence-corrected chi connectivity index (χ3v) is 2.54. The largest absolute Gasteiger partial charge is 0.327 e. The van der Waals surface area contributed by atoms with E-state index >= 15 is 0 Å². The van der Waals surface area contributed by atoms with Crippen molar-refractivity contribution in [3.63, 3.8) is 0 Å². The highest BCUT2D eigenvalue weighted by Crippen LogP contribution is 2.24. The molecule has 1 fully saturated rings. The lowest BCUT2D eigenvalue weighted by molar-refractivity contribution is 0.592. The maximum Gasteiger partial charge on any atom is 0.00791 e. The first-order chi connectivity index (χ1) is 5.68. The van der Waals surface area contributed by atoms with Crippen LogP contribution in [0.4, 0.5) is 0 Å². The fourth-order valence-corrected chi connectivity index (χ4v) is 1.72. The van der Waals surface area contributed by atoms with Crippen molar-refractivity contribution in [3.8, 4) is 0 Å². The van der Waals surface area contributed by atoms with Crippen LogP contribution in [0.3, 0.4) is 0 Å². The Hall–Kier alpha value is -0.300. The van der Waals surface area contributed by atoms with E-state index in [9.17, 15) is 0 Å². The van der Waals surface area contributed by atoms with E-state index in [2.05, 4.69) is 19.9 Å². The molecular weight excluding hydrogens is 146 g/mol. The summed E-state index contributed by atoms with van der Waals surface area (Å²) in [5, 5.41) is 0. The Morgan fingerprint density at radius 1 is 1.58 bits per heavy atom. The smallest absolute Gasteiger partial charge is 0.00791 e. The Morgan fingerprint density at radius 3 is 2.83 bits per heavy atom. The molecule has 1 saturated carbocycles. The lowest BCUT2D eigenvalue weighted by atomic mass is 10.1. The summed E-state index contributed by atoms with van der Waals surface area (Å²) in [6.45, 7) is 4.55. The molecule has 0 radical (unpaired) electrons. The van der Waals surface area contributed by atoms with Crippen LogP contribution in [-0.2, 0) is 0 Å². The Balaban J connectivity index is 2.19. The molecule has 0 aromatic carbocycles. The maximum absolute atomic E-state index is 5.82. The molecule has 0 bridgehead atoms. The Labute approximate surface area is 76.0 Å². The zero-order valence-electron chi connectivity index (χ0n) is 8.34. The van der Waals surface area contributed by atoms with E-state index in [0.717, 1.165) is 12.3 Å². The topological polar surface area (TPSA) is 26.0 Å². The van der Waals surface area contributed by atoms with Gasteiger partial charge in [0.05, 0.1) is 0 Å². The third-order valence-electron chi connectivity index (χ3n) is 2.54. The van der Waals surface area contributed by atoms with Gasteiger partial charge in [0.1, 0.15) is 0 Å². The molecule has 1 aliphatic carbocycles. The van der Waals surface area contributed by atoms with E-state index in [-0.39, 0.29) is 0 Å². The van der Waals surface area contributed by atoms with Crippen molar-refractivity contribution in [2.24, 2.45) is 11.7 Å². The number of nitrogens with two attached hydrogens (primary N) is 1. The van der Waals surface area contributed by atoms with E-state index in [1.54, 1.807) is 5.57 Å². The summed E-state index contributed by atoms with van der Waals surface area (Å²) in [7, 11) is 0. The lowest BCUT2D eigenvalue weighted by Gasteiger charge is -2.01. The normalized spacial score (nSPS) is 27.3. The fraction of sp³-hybridized carbons (Fsp3) is 0.818. The van der Waals surface area contributed by atoms with Crippen LogP contribution in [0.15, 0.2) is 11.6 Å². The van der Waals surface area contributed by atoms with Crippen molar-refractivity contribution in [1.82, 2.24) is 0 Å². The molecule has 1 heteroatoms. The van der Waals surface area contributed by atoms with Crippen molar-refractivity contribution in [1.29, 1.82) is 0 Å². The molecule has 2 N–H and O–H groups in total. The van der Waals surface area contributed by atoms with Gasteiger partial charge in [-0.05, 0) is 38.0 Å². The molecule has 0 aromatic rings. The molecule has 70 valence electrons. The lowest BCUT2D eigenvalue weighted by Crippen LogP contribution is -2.13. The molecule has 12 heavy (non-hydrogen) atoms. The predicted molar refractivity (Wildman–Crippen MR) is 54.0 cm³/mol. The second-order valence-electron chi connectivity index (χ2n) is 4.34. The van der Waals surface area contributed by atoms with Gasteiger partial charge in [0.2, 0.25) is 0 Å². The average Bonchev–Trinajstić information content (AvgIpc) is 2.35. The Morgan fingerprint density at radius 2 is 2.33 bits per heavy atom. The number of hydrogen-bond acceptors (Lipinski definition) is 1. The molecule has 0 aromatic heterocycles. The Kier molecular flexibility index (Phi) is 3.80. The molecule has 0 saturated heterocycles. The molecule has 1 rings (SSSR count). The van der Waals surface area contributed by atoms with Gasteiger partial charge in [0.25, 0.3) is 0 Å². The van der Waals surface area contributed by atoms with E-state index in [1.807, 2.05) is 0 Å². The monoisotopic (exact) mass is 167 g/mol. The van der Waals surface area contributed by atoms with E-state index in [0.29, 0.717) is 6.04 Å². The predicted octanol–water partition coefficient (Wildman–Crippen LogP) is 2.86. The number of hydrogen-bond donors (Lipinski definition) is 1. The van der Waals surface area contributed by atoms with Gasteiger partial charge in [0, 0.05) is 6.04 Å². The minimum Gasteiger partial charge on any atom is -0.327 e. The second-order valence-corrected chi connectivity index (χ2v) is 4.34. The first kappa shape index (κ1) is 9.79. The van der Waals surface area contributed by atoms with Gasteiger partial charge in [-0.15, -0.1) is 0 Å². The summed E-state index contributed by atoms with van der Waals surface area (Å²) in [4.78, 5) is 0. The summed E-state index contributed by atoms with van der Waals surface area (Å²) >= 11 is 0. The highest BCUT2D eigenvalue weighted by atomic mass is 14.6. The van der Waals surface area contributed by atoms with Gasteiger partial charge in [-0.2, -0.15) is 0 Å². The van der Waals surface area contributed by atoms with Crippen LogP contribution in [0, 0.1) is 5.92 Å². The molecule has 0 heterocycles. The summed E-state index contributed by atoms with van der Waals surface area (Å²) in [5.74, 6) is 0.830. The first-order valence-electron chi connectivity index (χ1n) is 5.12. The summed E-state index contributed by atoms with van der Waals surface area (Å²) < 4.78 is 0. The third kappa shape index (κ3) is 3.40. The van der Waals surface area contributed by atoms with Crippen LogP contribution in [-0.4, -0.2) is 6.04 Å². The highest BCUT2D eigenvalue weighted by molar-refractivity contribution is 5.09. The summed E-state index contributed by atoms with van der Waals surface area (Å²) in [6, 6.07) is 0.454. The average molecular weight is 167 g/mol. The second kappa shape index (κ2) is 4.66. The molecule has 1 unspecified atom stereocenters. The molecule has 0 spiro atoms. The van der Waals surface area contributed by atoms with Crippen molar-refractivity contribution in [2.75, 3.05) is 0 Å². The number of rotatable bonds is 3. The van der Waals surface area contributed by atoms with Gasteiger partial charge in [-0.3, -0.25) is 0 Å². The quantitative estimate of drug-likeness (QED) is 0.643. The van der Waals surface area contributed by atoms with Crippen molar-refractivity contribution in [3.05, 3.63) is 11.6 Å². The minimum atomic E-state index is 0.454. The zero-order valence-corrected chi connectivity index (χ0v) is 8.34. The SMILES string of the molecule is CC(C)CC/C=C1/CCC(N)C1. The maximum atomic E-state index is 5.82. The molecule has 1 atom stereocenters. The van der Waals surface area contributed by atoms with Gasteiger partial charge >= 0.3 is 0 Å². The Bertz CT molecular complexity index is 158. The van der Waals surface area contributed by atoms with Crippen molar-refractivity contribution >= 4 is 0 Å². The van der Waals surface area contributed by atoms with Crippen LogP contribution in [0.2, 0.25) is 0 Å². The van der Waals surface area contributed by atoms with Gasteiger partial charge < -0.3 is 5.73 Å². The van der Waals surface area contributed by atoms with Crippen molar-refractivity contribution in [2.45, 2.75) is 52.0 Å². The first-order valence-corrected chi connectivity index (χ1v) is 5.12. The van der Waals surface area contributed by atoms with Gasteiger partial charge in [-0.1, -0.05) is 25.5 Å². The molecule has 1 nitrogen and oxygen atoms in total. The highest BCUT2D eigenvalue weighted by Gasteiger charge is 2.14. The van der Waals surface area contributed by atoms with Crippen molar-refractivity contribution < 1.29 is 0 Å². The van der Waals surface area contributed by atoms with Crippen LogP contribution < -0.4 is 5.73 Å². The molecular formula is C11H21N. The minimum absolute atomic E-state index is 0.454. The summed E-state index contributed by atoms with van der Waals surface area (Å²) in [6.07, 6.45) is 8.58. The molecule has 0 amide bonds. The molecule has 0 aliphatic heterocycles. The zero-order chi connectivity index (χ0) is 8.97. The van der Waals surface area contributed by atoms with E-state index in [4.69, 9.17) is 5.73 Å². The number of allylic oxidation sites excluding steroid dienone is 1. The van der Waals surface area contributed by atoms with Crippen LogP contribution in [0.5, 0.6) is 0 Å². The standard InChI is InChI=1S/C11H21N/c1-9(2)4-3-5-10-6-7-11(12)8-10/h5,9,11H,3-4,6-8,12H2,1-2H3/b10-5-. The van der Waals surface area contributed by atoms with Crippen LogP contribution in [0.1, 0.15) is 46.0 Å². The summed E-state index contributed by atoms with van der Waals surface area (Å²) in [5.41, 5.74) is 7.42. The van der Waals surface area contributed by atoms with Gasteiger partial charge in [0.15, 0.2) is 0 Å². The fourth-order valence-electron chi connectivity index (χ4n) is 1.72. The van der Waals surface area contributed by atoms with Crippen LogP contribution >= 0.6 is 0 Å². The van der Waals surface area contributed by atoms with E-state index in [1.165, 1.54) is 25.7 Å². The van der Waals surface area contributed by atoms with Crippen LogP contribution in [0.25, 0.3) is 0 Å². The molecule has 1 aliphatic rings. The van der Waals surface area contributed by atoms with E-state index < -0.39 is 0 Å².